The van der Waals surface area contributed by atoms with Crippen molar-refractivity contribution in [2.45, 2.75) is 6.92 Å². The van der Waals surface area contributed by atoms with E-state index in [9.17, 15) is 0 Å². The van der Waals surface area contributed by atoms with E-state index in [0.29, 0.717) is 5.02 Å². The van der Waals surface area contributed by atoms with Crippen molar-refractivity contribution in [3.05, 3.63) is 76.0 Å². The highest BCUT2D eigenvalue weighted by Gasteiger charge is 2.16. The van der Waals surface area contributed by atoms with E-state index >= 15 is 0 Å². The predicted octanol–water partition coefficient (Wildman–Crippen LogP) is 5.79. The molecule has 4 rings (SSSR count). The molecule has 0 aliphatic carbocycles. The van der Waals surface area contributed by atoms with E-state index in [0.717, 1.165) is 38.2 Å². The van der Waals surface area contributed by atoms with Gasteiger partial charge in [-0.25, -0.2) is 9.50 Å². The summed E-state index contributed by atoms with van der Waals surface area (Å²) in [5.74, 6) is 0. The number of fused-ring (bicyclic) bond motifs is 1. The molecule has 2 aromatic heterocycles. The molecule has 0 saturated carbocycles. The summed E-state index contributed by atoms with van der Waals surface area (Å²) in [4.78, 5) is 4.56. The fourth-order valence-electron chi connectivity index (χ4n) is 2.88. The lowest BCUT2D eigenvalue weighted by molar-refractivity contribution is 0.925. The molecule has 2 heterocycles. The molecule has 0 aliphatic rings. The first kappa shape index (κ1) is 15.4. The van der Waals surface area contributed by atoms with Crippen molar-refractivity contribution in [1.29, 1.82) is 0 Å². The van der Waals surface area contributed by atoms with Gasteiger partial charge in [-0.1, -0.05) is 57.9 Å². The highest BCUT2D eigenvalue weighted by Crippen LogP contribution is 2.32. The van der Waals surface area contributed by atoms with Gasteiger partial charge in [-0.05, 0) is 36.8 Å². The molecule has 0 fully saturated rings. The third kappa shape index (κ3) is 2.52. The summed E-state index contributed by atoms with van der Waals surface area (Å²) in [6.45, 7) is 2.00. The van der Waals surface area contributed by atoms with Gasteiger partial charge in [0.25, 0.3) is 0 Å². The number of benzene rings is 2. The largest absolute Gasteiger partial charge is 0.236 e. The molecule has 0 unspecified atom stereocenters. The maximum atomic E-state index is 6.37. The summed E-state index contributed by atoms with van der Waals surface area (Å²) >= 11 is 9.85. The molecule has 0 aliphatic heterocycles. The topological polar surface area (TPSA) is 30.2 Å². The quantitative estimate of drug-likeness (QED) is 0.428. The van der Waals surface area contributed by atoms with Gasteiger partial charge in [-0.2, -0.15) is 5.10 Å². The van der Waals surface area contributed by atoms with E-state index < -0.39 is 0 Å². The smallest absolute Gasteiger partial charge is 0.163 e. The number of nitrogens with zero attached hydrogens (tertiary/aromatic N) is 3. The summed E-state index contributed by atoms with van der Waals surface area (Å²) in [6.07, 6.45) is 1.80. The van der Waals surface area contributed by atoms with Crippen LogP contribution in [0.3, 0.4) is 0 Å². The first-order valence-corrected chi connectivity index (χ1v) is 8.67. The molecule has 0 radical (unpaired) electrons. The van der Waals surface area contributed by atoms with Crippen LogP contribution in [0.25, 0.3) is 28.0 Å². The Morgan fingerprint density at radius 1 is 1.00 bits per heavy atom. The zero-order chi connectivity index (χ0) is 16.7. The lowest BCUT2D eigenvalue weighted by atomic mass is 10.1. The zero-order valence-electron chi connectivity index (χ0n) is 12.9. The second kappa shape index (κ2) is 6.04. The van der Waals surface area contributed by atoms with Crippen LogP contribution in [0.1, 0.15) is 5.69 Å². The van der Waals surface area contributed by atoms with E-state index in [-0.39, 0.29) is 0 Å². The van der Waals surface area contributed by atoms with E-state index in [1.807, 2.05) is 53.9 Å². The van der Waals surface area contributed by atoms with Crippen LogP contribution >= 0.6 is 27.5 Å². The summed E-state index contributed by atoms with van der Waals surface area (Å²) in [5.41, 5.74) is 5.76. The summed E-state index contributed by atoms with van der Waals surface area (Å²) < 4.78 is 2.92. The van der Waals surface area contributed by atoms with Gasteiger partial charge in [0.1, 0.15) is 0 Å². The minimum atomic E-state index is 0.698. The third-order valence-electron chi connectivity index (χ3n) is 3.98. The number of rotatable bonds is 2. The van der Waals surface area contributed by atoms with Gasteiger partial charge in [0.2, 0.25) is 0 Å². The average molecular weight is 399 g/mol. The molecule has 0 bridgehead atoms. The maximum Gasteiger partial charge on any atom is 0.163 e. The van der Waals surface area contributed by atoms with Gasteiger partial charge >= 0.3 is 0 Å². The molecule has 0 N–H and O–H groups in total. The van der Waals surface area contributed by atoms with E-state index in [1.54, 1.807) is 6.20 Å². The maximum absolute atomic E-state index is 6.37. The molecular formula is C19H13BrClN3. The van der Waals surface area contributed by atoms with Crippen molar-refractivity contribution in [3.8, 4) is 22.4 Å². The SMILES string of the molecule is Cc1nn2c(-c3ccccc3Cl)ccnc2c1-c1ccc(Br)cc1. The van der Waals surface area contributed by atoms with Crippen LogP contribution in [0, 0.1) is 6.92 Å². The van der Waals surface area contributed by atoms with Crippen LogP contribution < -0.4 is 0 Å². The lowest BCUT2D eigenvalue weighted by Gasteiger charge is -2.07. The normalized spacial score (nSPS) is 11.1. The van der Waals surface area contributed by atoms with E-state index in [1.165, 1.54) is 0 Å². The van der Waals surface area contributed by atoms with Crippen molar-refractivity contribution < 1.29 is 0 Å². The number of hydrogen-bond donors (Lipinski definition) is 0. The molecule has 0 spiro atoms. The molecule has 0 amide bonds. The van der Waals surface area contributed by atoms with Crippen molar-refractivity contribution in [3.63, 3.8) is 0 Å². The van der Waals surface area contributed by atoms with Gasteiger partial charge in [0, 0.05) is 26.8 Å². The van der Waals surface area contributed by atoms with Gasteiger partial charge in [0.05, 0.1) is 11.4 Å². The highest BCUT2D eigenvalue weighted by molar-refractivity contribution is 9.10. The van der Waals surface area contributed by atoms with E-state index in [4.69, 9.17) is 16.7 Å². The average Bonchev–Trinajstić information content (AvgIpc) is 2.92. The number of aryl methyl sites for hydroxylation is 1. The minimum Gasteiger partial charge on any atom is -0.236 e. The summed E-state index contributed by atoms with van der Waals surface area (Å²) in [6, 6.07) is 17.9. The molecule has 2 aromatic carbocycles. The molecule has 4 aromatic rings. The van der Waals surface area contributed by atoms with Crippen molar-refractivity contribution in [2.24, 2.45) is 0 Å². The van der Waals surface area contributed by atoms with Crippen molar-refractivity contribution in [2.75, 3.05) is 0 Å². The fourth-order valence-corrected chi connectivity index (χ4v) is 3.38. The van der Waals surface area contributed by atoms with Crippen LogP contribution in [0.15, 0.2) is 65.3 Å². The van der Waals surface area contributed by atoms with Gasteiger partial charge in [0.15, 0.2) is 5.65 Å². The molecule has 118 valence electrons. The predicted molar refractivity (Wildman–Crippen MR) is 101 cm³/mol. The summed E-state index contributed by atoms with van der Waals surface area (Å²) in [5, 5.41) is 5.41. The highest BCUT2D eigenvalue weighted by atomic mass is 79.9. The molecular weight excluding hydrogens is 386 g/mol. The Balaban J connectivity index is 1.99. The molecule has 24 heavy (non-hydrogen) atoms. The Morgan fingerprint density at radius 2 is 1.75 bits per heavy atom. The minimum absolute atomic E-state index is 0.698. The van der Waals surface area contributed by atoms with Crippen molar-refractivity contribution in [1.82, 2.24) is 14.6 Å². The van der Waals surface area contributed by atoms with Crippen LogP contribution in [0.4, 0.5) is 0 Å². The van der Waals surface area contributed by atoms with Crippen LogP contribution in [-0.2, 0) is 0 Å². The first-order chi connectivity index (χ1) is 11.6. The van der Waals surface area contributed by atoms with Gasteiger partial charge < -0.3 is 0 Å². The molecule has 0 atom stereocenters. The number of aromatic nitrogens is 3. The third-order valence-corrected chi connectivity index (χ3v) is 4.83. The zero-order valence-corrected chi connectivity index (χ0v) is 15.2. The monoisotopic (exact) mass is 397 g/mol. The van der Waals surface area contributed by atoms with Gasteiger partial charge in [-0.15, -0.1) is 0 Å². The van der Waals surface area contributed by atoms with Crippen LogP contribution in [0.5, 0.6) is 0 Å². The Morgan fingerprint density at radius 3 is 2.50 bits per heavy atom. The van der Waals surface area contributed by atoms with Crippen molar-refractivity contribution >= 4 is 33.2 Å². The Bertz CT molecular complexity index is 1040. The van der Waals surface area contributed by atoms with Crippen LogP contribution in [-0.4, -0.2) is 14.6 Å². The lowest BCUT2D eigenvalue weighted by Crippen LogP contribution is -1.96. The second-order valence-electron chi connectivity index (χ2n) is 5.51. The number of halogens is 2. The molecule has 0 saturated heterocycles. The fraction of sp³-hybridized carbons (Fsp3) is 0.0526. The number of hydrogen-bond acceptors (Lipinski definition) is 2. The Kier molecular flexibility index (Phi) is 3.87. The Hall–Kier alpha value is -2.17. The second-order valence-corrected chi connectivity index (χ2v) is 6.84. The Labute approximate surface area is 153 Å². The van der Waals surface area contributed by atoms with Gasteiger partial charge in [-0.3, -0.25) is 0 Å². The van der Waals surface area contributed by atoms with E-state index in [2.05, 4.69) is 33.0 Å². The van der Waals surface area contributed by atoms with Crippen LogP contribution in [0.2, 0.25) is 5.02 Å². The molecule has 5 heteroatoms. The first-order valence-electron chi connectivity index (χ1n) is 7.50. The summed E-state index contributed by atoms with van der Waals surface area (Å²) in [7, 11) is 0. The standard InChI is InChI=1S/C19H13BrClN3/c1-12-18(13-6-8-14(20)9-7-13)19-22-11-10-17(24(19)23-12)15-4-2-3-5-16(15)21/h2-11H,1H3. The molecule has 3 nitrogen and oxygen atoms in total.